The Morgan fingerprint density at radius 2 is 1.62 bits per heavy atom. The number of ether oxygens (including phenoxy) is 3. The maximum absolute atomic E-state index is 11.2. The van der Waals surface area contributed by atoms with Gasteiger partial charge in [0.25, 0.3) is 0 Å². The maximum Gasteiger partial charge on any atom is 0.319 e. The summed E-state index contributed by atoms with van der Waals surface area (Å²) in [6.45, 7) is 10.4. The van der Waals surface area contributed by atoms with E-state index in [4.69, 9.17) is 19.7 Å². The van der Waals surface area contributed by atoms with Gasteiger partial charge in [0, 0.05) is 26.2 Å². The molecule has 1 unspecified atom stereocenters. The second-order valence-electron chi connectivity index (χ2n) is 5.00. The third-order valence-electron chi connectivity index (χ3n) is 1.76. The summed E-state index contributed by atoms with van der Waals surface area (Å²) < 4.78 is 14.1. The van der Waals surface area contributed by atoms with E-state index in [1.807, 2.05) is 13.8 Å². The third-order valence-corrected chi connectivity index (χ3v) is 1.76. The molecule has 0 aliphatic carbocycles. The van der Waals surface area contributed by atoms with Gasteiger partial charge in [-0.2, -0.15) is 0 Å². The zero-order chi connectivity index (χ0) is 16.9. The molecular formula is C14H28O7. The Labute approximate surface area is 126 Å². The van der Waals surface area contributed by atoms with E-state index in [-0.39, 0.29) is 13.0 Å². The van der Waals surface area contributed by atoms with Gasteiger partial charge < -0.3 is 24.4 Å². The van der Waals surface area contributed by atoms with Crippen molar-refractivity contribution in [2.45, 2.75) is 59.4 Å². The molecule has 0 aliphatic rings. The van der Waals surface area contributed by atoms with Gasteiger partial charge in [-0.3, -0.25) is 9.59 Å². The minimum absolute atomic E-state index is 0.0833. The van der Waals surface area contributed by atoms with Gasteiger partial charge in [0.2, 0.25) is 6.29 Å². The molecule has 0 saturated carbocycles. The summed E-state index contributed by atoms with van der Waals surface area (Å²) >= 11 is 0. The van der Waals surface area contributed by atoms with Crippen LogP contribution in [0.2, 0.25) is 0 Å². The van der Waals surface area contributed by atoms with Crippen LogP contribution < -0.4 is 0 Å². The van der Waals surface area contributed by atoms with Crippen LogP contribution in [0.25, 0.3) is 0 Å². The Bertz CT molecular complexity index is 282. The monoisotopic (exact) mass is 308 g/mol. The Hall–Kier alpha value is -1.18. The summed E-state index contributed by atoms with van der Waals surface area (Å²) in [6.07, 6.45) is -2.03. The molecule has 0 aromatic heterocycles. The highest BCUT2D eigenvalue weighted by Gasteiger charge is 2.21. The number of aliphatic hydroxyl groups excluding tert-OH is 2. The average Bonchev–Trinajstić information content (AvgIpc) is 2.27. The van der Waals surface area contributed by atoms with E-state index in [2.05, 4.69) is 4.74 Å². The van der Waals surface area contributed by atoms with Crippen molar-refractivity contribution in [2.24, 2.45) is 0 Å². The molecule has 0 amide bonds. The van der Waals surface area contributed by atoms with Gasteiger partial charge in [-0.25, -0.2) is 0 Å². The van der Waals surface area contributed by atoms with Crippen molar-refractivity contribution in [3.05, 3.63) is 0 Å². The van der Waals surface area contributed by atoms with Crippen LogP contribution in [0.1, 0.15) is 47.5 Å². The number of hydrogen-bond donors (Lipinski definition) is 2. The van der Waals surface area contributed by atoms with Crippen molar-refractivity contribution >= 4 is 11.9 Å². The first-order valence-corrected chi connectivity index (χ1v) is 6.94. The summed E-state index contributed by atoms with van der Waals surface area (Å²) in [6, 6.07) is 0. The number of carbonyl (C=O) groups is 2. The quantitative estimate of drug-likeness (QED) is 0.411. The zero-order valence-electron chi connectivity index (χ0n) is 13.5. The lowest BCUT2D eigenvalue weighted by atomic mass is 10.2. The van der Waals surface area contributed by atoms with Crippen LogP contribution in [0.15, 0.2) is 0 Å². The first-order chi connectivity index (χ1) is 9.66. The molecule has 2 N–H and O–H groups in total. The molecule has 0 aromatic rings. The summed E-state index contributed by atoms with van der Waals surface area (Å²) in [4.78, 5) is 22.2. The van der Waals surface area contributed by atoms with Crippen LogP contribution in [-0.4, -0.2) is 53.9 Å². The minimum atomic E-state index is -1.39. The van der Waals surface area contributed by atoms with Crippen LogP contribution in [0.4, 0.5) is 0 Å². The first kappa shape index (κ1) is 22.1. The average molecular weight is 308 g/mol. The van der Waals surface area contributed by atoms with Crippen LogP contribution in [0, 0.1) is 0 Å². The van der Waals surface area contributed by atoms with Gasteiger partial charge in [-0.1, -0.05) is 0 Å². The first-order valence-electron chi connectivity index (χ1n) is 6.94. The number of aliphatic hydroxyl groups is 2. The Morgan fingerprint density at radius 1 is 1.10 bits per heavy atom. The minimum Gasteiger partial charge on any atom is -0.460 e. The summed E-state index contributed by atoms with van der Waals surface area (Å²) in [5, 5.41) is 17.5. The third kappa shape index (κ3) is 18.8. The molecule has 0 spiro atoms. The molecule has 0 heterocycles. The zero-order valence-corrected chi connectivity index (χ0v) is 13.5. The fourth-order valence-electron chi connectivity index (χ4n) is 1.06. The summed E-state index contributed by atoms with van der Waals surface area (Å²) in [7, 11) is 0. The summed E-state index contributed by atoms with van der Waals surface area (Å²) in [5.74, 6) is -1.59. The standard InChI is InChI=1S/C10H18O6.C4H10O/c1-10(2,3)16-9(14)6-8(13)15-7(12)4-5-11;1-3-5-4-2/h7,11-12H,4-6H2,1-3H3;3-4H2,1-2H3. The van der Waals surface area contributed by atoms with Gasteiger partial charge >= 0.3 is 11.9 Å². The van der Waals surface area contributed by atoms with E-state index >= 15 is 0 Å². The molecule has 0 aromatic carbocycles. The molecule has 1 atom stereocenters. The number of rotatable bonds is 7. The fraction of sp³-hybridized carbons (Fsp3) is 0.857. The largest absolute Gasteiger partial charge is 0.460 e. The van der Waals surface area contributed by atoms with Crippen LogP contribution in [-0.2, 0) is 23.8 Å². The SMILES string of the molecule is CC(C)(C)OC(=O)CC(=O)OC(O)CCO.CCOCC. The molecule has 21 heavy (non-hydrogen) atoms. The van der Waals surface area contributed by atoms with Crippen LogP contribution in [0.5, 0.6) is 0 Å². The number of hydrogen-bond acceptors (Lipinski definition) is 7. The smallest absolute Gasteiger partial charge is 0.319 e. The molecule has 0 aliphatic heterocycles. The summed E-state index contributed by atoms with van der Waals surface area (Å²) in [5.41, 5.74) is -0.666. The number of carbonyl (C=O) groups excluding carboxylic acids is 2. The molecule has 0 fully saturated rings. The van der Waals surface area contributed by atoms with Crippen molar-refractivity contribution in [1.82, 2.24) is 0 Å². The second-order valence-corrected chi connectivity index (χ2v) is 5.00. The van der Waals surface area contributed by atoms with Crippen molar-refractivity contribution in [3.8, 4) is 0 Å². The Kier molecular flexibility index (Phi) is 13.2. The fourth-order valence-corrected chi connectivity index (χ4v) is 1.06. The van der Waals surface area contributed by atoms with Crippen LogP contribution >= 0.6 is 0 Å². The van der Waals surface area contributed by atoms with Crippen molar-refractivity contribution < 1.29 is 34.0 Å². The van der Waals surface area contributed by atoms with E-state index in [0.29, 0.717) is 0 Å². The molecule has 7 heteroatoms. The predicted octanol–water partition coefficient (Wildman–Crippen LogP) is 1.00. The molecule has 0 saturated heterocycles. The molecular weight excluding hydrogens is 280 g/mol. The van der Waals surface area contributed by atoms with Crippen LogP contribution in [0.3, 0.4) is 0 Å². The lowest BCUT2D eigenvalue weighted by molar-refractivity contribution is -0.175. The number of esters is 2. The van der Waals surface area contributed by atoms with Gasteiger partial charge in [0.1, 0.15) is 12.0 Å². The van der Waals surface area contributed by atoms with Gasteiger partial charge in [-0.15, -0.1) is 0 Å². The molecule has 126 valence electrons. The van der Waals surface area contributed by atoms with E-state index in [1.54, 1.807) is 20.8 Å². The lowest BCUT2D eigenvalue weighted by Gasteiger charge is -2.19. The van der Waals surface area contributed by atoms with Crippen molar-refractivity contribution in [3.63, 3.8) is 0 Å². The highest BCUT2D eigenvalue weighted by atomic mass is 16.6. The van der Waals surface area contributed by atoms with E-state index in [1.165, 1.54) is 0 Å². The highest BCUT2D eigenvalue weighted by Crippen LogP contribution is 2.08. The maximum atomic E-state index is 11.2. The van der Waals surface area contributed by atoms with Gasteiger partial charge in [0.05, 0.1) is 0 Å². The van der Waals surface area contributed by atoms with Crippen molar-refractivity contribution in [2.75, 3.05) is 19.8 Å². The topological polar surface area (TPSA) is 102 Å². The van der Waals surface area contributed by atoms with Gasteiger partial charge in [0.15, 0.2) is 0 Å². The Balaban J connectivity index is 0. The van der Waals surface area contributed by atoms with E-state index in [0.717, 1.165) is 13.2 Å². The Morgan fingerprint density at radius 3 is 1.95 bits per heavy atom. The molecule has 7 nitrogen and oxygen atoms in total. The predicted molar refractivity (Wildman–Crippen MR) is 76.4 cm³/mol. The molecule has 0 rings (SSSR count). The normalized spacial score (nSPS) is 12.0. The molecule has 0 bridgehead atoms. The second kappa shape index (κ2) is 12.6. The van der Waals surface area contributed by atoms with E-state index < -0.39 is 30.3 Å². The lowest BCUT2D eigenvalue weighted by Crippen LogP contribution is -2.27. The highest BCUT2D eigenvalue weighted by molar-refractivity contribution is 5.91. The van der Waals surface area contributed by atoms with E-state index in [9.17, 15) is 9.59 Å². The van der Waals surface area contributed by atoms with Gasteiger partial charge in [-0.05, 0) is 34.6 Å². The molecule has 0 radical (unpaired) electrons. The van der Waals surface area contributed by atoms with Crippen molar-refractivity contribution in [1.29, 1.82) is 0 Å².